The third-order valence-electron chi connectivity index (χ3n) is 3.00. The molecule has 1 aliphatic rings. The number of hydrogen-bond acceptors (Lipinski definition) is 0. The summed E-state index contributed by atoms with van der Waals surface area (Å²) >= 11 is 0. The Bertz CT molecular complexity index is 111. The van der Waals surface area contributed by atoms with Crippen LogP contribution in [0.3, 0.4) is 0 Å². The molecule has 0 radical (unpaired) electrons. The molecule has 1 atom stereocenters. The van der Waals surface area contributed by atoms with Crippen molar-refractivity contribution in [2.75, 3.05) is 0 Å². The maximum absolute atomic E-state index is 2.44. The standard InChI is InChI=1S/C11H22/c1-4-5-6-10(2)9-11(3)7-8-11/h10H,4-9H2,1-3H3. The quantitative estimate of drug-likeness (QED) is 0.561. The Hall–Kier alpha value is 0. The predicted molar refractivity (Wildman–Crippen MR) is 50.6 cm³/mol. The van der Waals surface area contributed by atoms with Crippen molar-refractivity contribution in [2.24, 2.45) is 11.3 Å². The lowest BCUT2D eigenvalue weighted by atomic mass is 9.91. The monoisotopic (exact) mass is 154 g/mol. The molecule has 0 aromatic heterocycles. The normalized spacial score (nSPS) is 23.2. The maximum Gasteiger partial charge on any atom is -0.0323 e. The molecule has 1 saturated carbocycles. The second kappa shape index (κ2) is 3.60. The molecule has 0 saturated heterocycles. The average Bonchev–Trinajstić information content (AvgIpc) is 2.63. The van der Waals surface area contributed by atoms with Gasteiger partial charge < -0.3 is 0 Å². The van der Waals surface area contributed by atoms with Gasteiger partial charge in [-0.05, 0) is 30.6 Å². The zero-order valence-corrected chi connectivity index (χ0v) is 8.32. The highest BCUT2D eigenvalue weighted by Crippen LogP contribution is 2.50. The molecule has 1 fully saturated rings. The van der Waals surface area contributed by atoms with Gasteiger partial charge in [0.25, 0.3) is 0 Å². The van der Waals surface area contributed by atoms with Crippen molar-refractivity contribution in [1.29, 1.82) is 0 Å². The molecule has 0 aliphatic heterocycles. The van der Waals surface area contributed by atoms with Crippen LogP contribution in [-0.2, 0) is 0 Å². The third kappa shape index (κ3) is 3.27. The average molecular weight is 154 g/mol. The van der Waals surface area contributed by atoms with Crippen LogP contribution in [-0.4, -0.2) is 0 Å². The zero-order chi connectivity index (χ0) is 8.32. The molecule has 0 amide bonds. The Morgan fingerprint density at radius 2 is 2.00 bits per heavy atom. The summed E-state index contributed by atoms with van der Waals surface area (Å²) in [5, 5.41) is 0. The summed E-state index contributed by atoms with van der Waals surface area (Å²) in [7, 11) is 0. The molecule has 0 aromatic rings. The minimum Gasteiger partial charge on any atom is -0.0654 e. The maximum atomic E-state index is 2.44. The van der Waals surface area contributed by atoms with Gasteiger partial charge in [-0.15, -0.1) is 0 Å². The van der Waals surface area contributed by atoms with E-state index in [1.165, 1.54) is 38.5 Å². The molecule has 0 heteroatoms. The number of rotatable bonds is 5. The number of unbranched alkanes of at least 4 members (excludes halogenated alkanes) is 1. The third-order valence-corrected chi connectivity index (χ3v) is 3.00. The lowest BCUT2D eigenvalue weighted by Gasteiger charge is -2.15. The van der Waals surface area contributed by atoms with Gasteiger partial charge in [0.05, 0.1) is 0 Å². The van der Waals surface area contributed by atoms with Crippen molar-refractivity contribution in [1.82, 2.24) is 0 Å². The smallest absolute Gasteiger partial charge is 0.0323 e. The minimum absolute atomic E-state index is 0.771. The molecular formula is C11H22. The first-order chi connectivity index (χ1) is 5.16. The Morgan fingerprint density at radius 1 is 1.36 bits per heavy atom. The van der Waals surface area contributed by atoms with Gasteiger partial charge in [-0.2, -0.15) is 0 Å². The van der Waals surface area contributed by atoms with Crippen LogP contribution in [0.2, 0.25) is 0 Å². The van der Waals surface area contributed by atoms with Crippen LogP contribution >= 0.6 is 0 Å². The van der Waals surface area contributed by atoms with E-state index in [1.54, 1.807) is 0 Å². The van der Waals surface area contributed by atoms with Crippen LogP contribution in [0.25, 0.3) is 0 Å². The van der Waals surface area contributed by atoms with Crippen LogP contribution in [0.5, 0.6) is 0 Å². The molecule has 1 aliphatic carbocycles. The Morgan fingerprint density at radius 3 is 2.45 bits per heavy atom. The van der Waals surface area contributed by atoms with Crippen molar-refractivity contribution in [3.8, 4) is 0 Å². The van der Waals surface area contributed by atoms with E-state index in [-0.39, 0.29) is 0 Å². The summed E-state index contributed by atoms with van der Waals surface area (Å²) in [6.07, 6.45) is 8.70. The summed E-state index contributed by atoms with van der Waals surface area (Å²) < 4.78 is 0. The molecule has 1 rings (SSSR count). The largest absolute Gasteiger partial charge is 0.0654 e. The fraction of sp³-hybridized carbons (Fsp3) is 1.00. The highest BCUT2D eigenvalue weighted by Gasteiger charge is 2.37. The summed E-state index contributed by atoms with van der Waals surface area (Å²) in [4.78, 5) is 0. The van der Waals surface area contributed by atoms with E-state index in [2.05, 4.69) is 20.8 Å². The van der Waals surface area contributed by atoms with Crippen LogP contribution in [0, 0.1) is 11.3 Å². The van der Waals surface area contributed by atoms with E-state index in [1.807, 2.05) is 0 Å². The van der Waals surface area contributed by atoms with Gasteiger partial charge in [0.15, 0.2) is 0 Å². The summed E-state index contributed by atoms with van der Waals surface area (Å²) in [5.74, 6) is 0.974. The second-order valence-electron chi connectivity index (χ2n) is 4.76. The summed E-state index contributed by atoms with van der Waals surface area (Å²) in [6, 6.07) is 0. The summed E-state index contributed by atoms with van der Waals surface area (Å²) in [6.45, 7) is 7.14. The predicted octanol–water partition coefficient (Wildman–Crippen LogP) is 4.00. The van der Waals surface area contributed by atoms with Crippen LogP contribution < -0.4 is 0 Å². The SMILES string of the molecule is CCCCC(C)CC1(C)CC1. The molecular weight excluding hydrogens is 132 g/mol. The first kappa shape index (κ1) is 9.09. The first-order valence-corrected chi connectivity index (χ1v) is 5.16. The van der Waals surface area contributed by atoms with Gasteiger partial charge >= 0.3 is 0 Å². The van der Waals surface area contributed by atoms with Gasteiger partial charge in [-0.25, -0.2) is 0 Å². The fourth-order valence-electron chi connectivity index (χ4n) is 1.91. The van der Waals surface area contributed by atoms with E-state index in [4.69, 9.17) is 0 Å². The molecule has 1 unspecified atom stereocenters. The minimum atomic E-state index is 0.771. The van der Waals surface area contributed by atoms with Crippen molar-refractivity contribution in [2.45, 2.75) is 59.3 Å². The van der Waals surface area contributed by atoms with E-state index in [9.17, 15) is 0 Å². The molecule has 0 heterocycles. The van der Waals surface area contributed by atoms with E-state index < -0.39 is 0 Å². The Labute approximate surface area is 71.4 Å². The van der Waals surface area contributed by atoms with Gasteiger partial charge in [0.1, 0.15) is 0 Å². The van der Waals surface area contributed by atoms with E-state index in [0.29, 0.717) is 0 Å². The first-order valence-electron chi connectivity index (χ1n) is 5.16. The molecule has 0 N–H and O–H groups in total. The fourth-order valence-corrected chi connectivity index (χ4v) is 1.91. The van der Waals surface area contributed by atoms with Gasteiger partial charge in [0, 0.05) is 0 Å². The molecule has 0 aromatic carbocycles. The molecule has 0 nitrogen and oxygen atoms in total. The van der Waals surface area contributed by atoms with E-state index >= 15 is 0 Å². The van der Waals surface area contributed by atoms with Crippen LogP contribution in [0.1, 0.15) is 59.3 Å². The topological polar surface area (TPSA) is 0 Å². The van der Waals surface area contributed by atoms with Crippen LogP contribution in [0.15, 0.2) is 0 Å². The number of hydrogen-bond donors (Lipinski definition) is 0. The van der Waals surface area contributed by atoms with Gasteiger partial charge in [0.2, 0.25) is 0 Å². The van der Waals surface area contributed by atoms with Crippen molar-refractivity contribution < 1.29 is 0 Å². The van der Waals surface area contributed by atoms with Crippen molar-refractivity contribution in [3.05, 3.63) is 0 Å². The van der Waals surface area contributed by atoms with Gasteiger partial charge in [-0.3, -0.25) is 0 Å². The van der Waals surface area contributed by atoms with Crippen LogP contribution in [0.4, 0.5) is 0 Å². The highest BCUT2D eigenvalue weighted by molar-refractivity contribution is 4.89. The lowest BCUT2D eigenvalue weighted by molar-refractivity contribution is 0.371. The highest BCUT2D eigenvalue weighted by atomic mass is 14.4. The van der Waals surface area contributed by atoms with Crippen molar-refractivity contribution in [3.63, 3.8) is 0 Å². The second-order valence-corrected chi connectivity index (χ2v) is 4.76. The lowest BCUT2D eigenvalue weighted by Crippen LogP contribution is -2.02. The summed E-state index contributed by atoms with van der Waals surface area (Å²) in [5.41, 5.74) is 0.771. The molecule has 0 spiro atoms. The Balaban J connectivity index is 2.05. The molecule has 0 bridgehead atoms. The Kier molecular flexibility index (Phi) is 2.98. The van der Waals surface area contributed by atoms with E-state index in [0.717, 1.165) is 11.3 Å². The molecule has 11 heavy (non-hydrogen) atoms. The zero-order valence-electron chi connectivity index (χ0n) is 8.32. The molecule has 66 valence electrons. The van der Waals surface area contributed by atoms with Gasteiger partial charge in [-0.1, -0.05) is 40.0 Å². The van der Waals surface area contributed by atoms with Crippen molar-refractivity contribution >= 4 is 0 Å².